The molecule has 318 valence electrons. The highest BCUT2D eigenvalue weighted by Crippen LogP contribution is 2.43. The van der Waals surface area contributed by atoms with Crippen molar-refractivity contribution in [3.63, 3.8) is 0 Å². The molecule has 13 aromatic rings. The second-order valence-corrected chi connectivity index (χ2v) is 17.2. The van der Waals surface area contributed by atoms with E-state index in [4.69, 9.17) is 15.0 Å². The minimum atomic E-state index is 0.596. The Kier molecular flexibility index (Phi) is 9.43. The highest BCUT2D eigenvalue weighted by molar-refractivity contribution is 6.17. The first-order valence-corrected chi connectivity index (χ1v) is 23.0. The van der Waals surface area contributed by atoms with Crippen molar-refractivity contribution in [2.75, 3.05) is 0 Å². The van der Waals surface area contributed by atoms with Gasteiger partial charge in [0, 0.05) is 43.9 Å². The first-order valence-electron chi connectivity index (χ1n) is 23.0. The van der Waals surface area contributed by atoms with Crippen LogP contribution in [0.25, 0.3) is 123 Å². The van der Waals surface area contributed by atoms with E-state index in [1.807, 2.05) is 24.3 Å². The number of hydrogen-bond acceptors (Lipinski definition) is 3. The number of rotatable bonds is 8. The Morgan fingerprint density at radius 2 is 0.721 bits per heavy atom. The molecule has 5 heteroatoms. The van der Waals surface area contributed by atoms with E-state index in [9.17, 15) is 0 Å². The molecule has 0 aliphatic rings. The van der Waals surface area contributed by atoms with Crippen molar-refractivity contribution in [1.29, 1.82) is 0 Å². The Morgan fingerprint density at radius 3 is 1.35 bits per heavy atom. The van der Waals surface area contributed by atoms with E-state index < -0.39 is 0 Å². The number of benzene rings is 10. The van der Waals surface area contributed by atoms with E-state index >= 15 is 0 Å². The summed E-state index contributed by atoms with van der Waals surface area (Å²) in [7, 11) is 0. The molecule has 13 rings (SSSR count). The highest BCUT2D eigenvalue weighted by Gasteiger charge is 2.23. The summed E-state index contributed by atoms with van der Waals surface area (Å²) < 4.78 is 4.87. The molecule has 0 saturated carbocycles. The molecule has 0 fully saturated rings. The van der Waals surface area contributed by atoms with Gasteiger partial charge in [0.2, 0.25) is 0 Å². The smallest absolute Gasteiger partial charge is 0.164 e. The van der Waals surface area contributed by atoms with Gasteiger partial charge in [-0.3, -0.25) is 0 Å². The normalized spacial score (nSPS) is 11.5. The number of nitrogens with zero attached hydrogens (tertiary/aromatic N) is 5. The van der Waals surface area contributed by atoms with Crippen LogP contribution in [0.2, 0.25) is 0 Å². The molecule has 0 aliphatic carbocycles. The Hall–Kier alpha value is -9.19. The number of fused-ring (bicyclic) bond motifs is 6. The lowest BCUT2D eigenvalue weighted by Crippen LogP contribution is -2.02. The molecule has 5 nitrogen and oxygen atoms in total. The van der Waals surface area contributed by atoms with Gasteiger partial charge >= 0.3 is 0 Å². The van der Waals surface area contributed by atoms with Crippen LogP contribution < -0.4 is 0 Å². The Bertz CT molecular complexity index is 3930. The molecular formula is C63H41N5. The zero-order valence-electron chi connectivity index (χ0n) is 36.9. The van der Waals surface area contributed by atoms with Crippen molar-refractivity contribution in [3.8, 4) is 78.9 Å². The fourth-order valence-electron chi connectivity index (χ4n) is 10.0. The van der Waals surface area contributed by atoms with Crippen LogP contribution in [0.4, 0.5) is 0 Å². The van der Waals surface area contributed by atoms with Gasteiger partial charge in [0.25, 0.3) is 0 Å². The maximum atomic E-state index is 5.36. The van der Waals surface area contributed by atoms with Gasteiger partial charge in [-0.2, -0.15) is 0 Å². The zero-order chi connectivity index (χ0) is 45.0. The van der Waals surface area contributed by atoms with Gasteiger partial charge in [-0.15, -0.1) is 0 Å². The SMILES string of the molecule is c1ccc(-c2ccc(-c3nc(-c4ccccc4)nc(-c4cc(-n5c6cc(-c7ccccc7)ccc6c6c(-n7c8ccccc8c8ccccc87)cccc65)ccc4-c4ccccc4)n3)cc2)cc1. The van der Waals surface area contributed by atoms with Crippen LogP contribution in [0.5, 0.6) is 0 Å². The lowest BCUT2D eigenvalue weighted by atomic mass is 9.98. The van der Waals surface area contributed by atoms with Crippen LogP contribution in [-0.4, -0.2) is 24.1 Å². The van der Waals surface area contributed by atoms with E-state index in [0.29, 0.717) is 17.5 Å². The summed E-state index contributed by atoms with van der Waals surface area (Å²) in [5.41, 5.74) is 16.1. The molecule has 0 radical (unpaired) electrons. The van der Waals surface area contributed by atoms with E-state index in [2.05, 4.69) is 234 Å². The Morgan fingerprint density at radius 1 is 0.250 bits per heavy atom. The number of aromatic nitrogens is 5. The highest BCUT2D eigenvalue weighted by atomic mass is 15.0. The quantitative estimate of drug-likeness (QED) is 0.153. The lowest BCUT2D eigenvalue weighted by Gasteiger charge is -2.16. The van der Waals surface area contributed by atoms with Crippen LogP contribution in [0, 0.1) is 0 Å². The molecule has 0 saturated heterocycles. The van der Waals surface area contributed by atoms with Crippen molar-refractivity contribution >= 4 is 43.6 Å². The molecule has 0 spiro atoms. The van der Waals surface area contributed by atoms with Crippen molar-refractivity contribution < 1.29 is 0 Å². The third-order valence-electron chi connectivity index (χ3n) is 13.2. The Labute approximate surface area is 393 Å². The second-order valence-electron chi connectivity index (χ2n) is 17.2. The monoisotopic (exact) mass is 867 g/mol. The fraction of sp³-hybridized carbons (Fsp3) is 0. The summed E-state index contributed by atoms with van der Waals surface area (Å²) >= 11 is 0. The van der Waals surface area contributed by atoms with E-state index in [-0.39, 0.29) is 0 Å². The number of para-hydroxylation sites is 2. The van der Waals surface area contributed by atoms with Crippen LogP contribution >= 0.6 is 0 Å². The van der Waals surface area contributed by atoms with Gasteiger partial charge in [-0.05, 0) is 75.8 Å². The molecule has 0 amide bonds. The predicted octanol–water partition coefficient (Wildman–Crippen LogP) is 16.1. The maximum Gasteiger partial charge on any atom is 0.164 e. The van der Waals surface area contributed by atoms with Crippen LogP contribution in [0.1, 0.15) is 0 Å². The van der Waals surface area contributed by atoms with Gasteiger partial charge in [-0.1, -0.05) is 206 Å². The summed E-state index contributed by atoms with van der Waals surface area (Å²) in [5.74, 6) is 1.82. The molecule has 68 heavy (non-hydrogen) atoms. The minimum absolute atomic E-state index is 0.596. The van der Waals surface area contributed by atoms with Gasteiger partial charge in [0.1, 0.15) is 0 Å². The molecule has 3 heterocycles. The third kappa shape index (κ3) is 6.68. The summed E-state index contributed by atoms with van der Waals surface area (Å²) in [4.78, 5) is 15.8. The van der Waals surface area contributed by atoms with E-state index in [0.717, 1.165) is 72.5 Å². The topological polar surface area (TPSA) is 48.5 Å². The molecular weight excluding hydrogens is 827 g/mol. The number of hydrogen-bond donors (Lipinski definition) is 0. The standard InChI is InChI=1S/C63H41N5/c1-5-18-42(19-6-1)44-32-34-47(35-33-44)62-64-61(46-24-11-4-12-25-46)65-63(66-62)54-41-49(37-39-50(54)45-22-9-3-10-23-45)67-57-30-17-31-58(68-55-28-15-13-26-51(55)52-27-14-16-29-56(52)68)60(57)53-38-36-48(40-59(53)67)43-20-7-2-8-21-43/h1-41H. The van der Waals surface area contributed by atoms with Crippen molar-refractivity contribution in [1.82, 2.24) is 24.1 Å². The molecule has 10 aromatic carbocycles. The van der Waals surface area contributed by atoms with Gasteiger partial charge in [0.15, 0.2) is 17.5 Å². The molecule has 0 bridgehead atoms. The summed E-state index contributed by atoms with van der Waals surface area (Å²) in [6.45, 7) is 0. The average molecular weight is 868 g/mol. The maximum absolute atomic E-state index is 5.36. The fourth-order valence-corrected chi connectivity index (χ4v) is 10.0. The average Bonchev–Trinajstić information content (AvgIpc) is 3.94. The molecule has 0 aliphatic heterocycles. The van der Waals surface area contributed by atoms with Gasteiger partial charge < -0.3 is 9.13 Å². The Balaban J connectivity index is 1.08. The zero-order valence-corrected chi connectivity index (χ0v) is 36.9. The molecule has 0 N–H and O–H groups in total. The van der Waals surface area contributed by atoms with E-state index in [1.165, 1.54) is 32.6 Å². The van der Waals surface area contributed by atoms with Gasteiger partial charge in [-0.25, -0.2) is 15.0 Å². The summed E-state index contributed by atoms with van der Waals surface area (Å²) in [6.07, 6.45) is 0. The summed E-state index contributed by atoms with van der Waals surface area (Å²) in [6, 6.07) is 88.2. The second kappa shape index (κ2) is 16.4. The molecule has 3 aromatic heterocycles. The van der Waals surface area contributed by atoms with Gasteiger partial charge in [0.05, 0.1) is 27.8 Å². The lowest BCUT2D eigenvalue weighted by molar-refractivity contribution is 1.07. The van der Waals surface area contributed by atoms with Crippen molar-refractivity contribution in [2.45, 2.75) is 0 Å². The largest absolute Gasteiger partial charge is 0.309 e. The van der Waals surface area contributed by atoms with Crippen molar-refractivity contribution in [3.05, 3.63) is 249 Å². The minimum Gasteiger partial charge on any atom is -0.309 e. The predicted molar refractivity (Wildman–Crippen MR) is 281 cm³/mol. The third-order valence-corrected chi connectivity index (χ3v) is 13.2. The molecule has 0 unspecified atom stereocenters. The first kappa shape index (κ1) is 39.2. The summed E-state index contributed by atoms with van der Waals surface area (Å²) in [5, 5.41) is 4.80. The van der Waals surface area contributed by atoms with Crippen LogP contribution in [0.15, 0.2) is 249 Å². The van der Waals surface area contributed by atoms with Crippen molar-refractivity contribution in [2.24, 2.45) is 0 Å². The van der Waals surface area contributed by atoms with E-state index in [1.54, 1.807) is 0 Å². The van der Waals surface area contributed by atoms with Crippen LogP contribution in [-0.2, 0) is 0 Å². The first-order chi connectivity index (χ1) is 33.7. The molecule has 0 atom stereocenters. The van der Waals surface area contributed by atoms with Crippen LogP contribution in [0.3, 0.4) is 0 Å².